The van der Waals surface area contributed by atoms with E-state index in [1.165, 1.54) is 0 Å². The lowest BCUT2D eigenvalue weighted by molar-refractivity contribution is 1.05. The fraction of sp³-hybridized carbons (Fsp3) is 0.0556. The van der Waals surface area contributed by atoms with Gasteiger partial charge in [0.25, 0.3) is 0 Å². The maximum absolute atomic E-state index is 5.73. The number of anilines is 2. The van der Waals surface area contributed by atoms with Gasteiger partial charge in [0, 0.05) is 11.9 Å². The Kier molecular flexibility index (Phi) is 10.0. The molecule has 3 rings (SSSR count). The van der Waals surface area contributed by atoms with Gasteiger partial charge in [0.05, 0.1) is 11.4 Å². The quantitative estimate of drug-likeness (QED) is 0.459. The molecule has 0 amide bonds. The van der Waals surface area contributed by atoms with Gasteiger partial charge < -0.3 is 11.5 Å². The van der Waals surface area contributed by atoms with Gasteiger partial charge in [-0.05, 0) is 36.2 Å². The van der Waals surface area contributed by atoms with Gasteiger partial charge in [0.1, 0.15) is 0 Å². The number of aromatic amines is 1. The number of halogens is 2. The van der Waals surface area contributed by atoms with Crippen molar-refractivity contribution in [1.29, 1.82) is 0 Å². The highest BCUT2D eigenvalue weighted by Crippen LogP contribution is 2.17. The number of aryl methyl sites for hydroxylation is 1. The van der Waals surface area contributed by atoms with Crippen LogP contribution in [0.5, 0.6) is 0 Å². The predicted octanol–water partition coefficient (Wildman–Crippen LogP) is 4.58. The normalized spacial score (nSPS) is 9.38. The van der Waals surface area contributed by atoms with Gasteiger partial charge >= 0.3 is 0 Å². The van der Waals surface area contributed by atoms with Crippen LogP contribution in [0.2, 0.25) is 0 Å². The first-order valence-corrected chi connectivity index (χ1v) is 6.99. The summed E-state index contributed by atoms with van der Waals surface area (Å²) in [6, 6.07) is 17.7. The number of hydrogen-bond donors (Lipinski definition) is 3. The van der Waals surface area contributed by atoms with E-state index in [4.69, 9.17) is 11.5 Å². The van der Waals surface area contributed by atoms with Crippen LogP contribution in [0.1, 0.15) is 16.8 Å². The summed E-state index contributed by atoms with van der Waals surface area (Å²) in [4.78, 5) is 0. The molecule has 3 aromatic rings. The molecule has 2 aromatic carbocycles. The van der Waals surface area contributed by atoms with Crippen LogP contribution in [0, 0.1) is 6.92 Å². The van der Waals surface area contributed by atoms with Crippen molar-refractivity contribution in [2.45, 2.75) is 6.92 Å². The van der Waals surface area contributed by atoms with Crippen molar-refractivity contribution in [3.63, 3.8) is 0 Å². The molecule has 1 heterocycles. The van der Waals surface area contributed by atoms with Crippen LogP contribution in [0.25, 0.3) is 12.2 Å². The minimum absolute atomic E-state index is 0. The van der Waals surface area contributed by atoms with Crippen LogP contribution in [0.15, 0.2) is 60.8 Å². The number of nitrogen functional groups attached to an aromatic ring is 2. The number of H-pyrrole nitrogens is 1. The van der Waals surface area contributed by atoms with Crippen molar-refractivity contribution in [3.05, 3.63) is 77.6 Å². The van der Waals surface area contributed by atoms with Gasteiger partial charge in [-0.2, -0.15) is 5.10 Å². The number of benzene rings is 2. The highest BCUT2D eigenvalue weighted by atomic mass is 35.5. The van der Waals surface area contributed by atoms with Crippen LogP contribution in [0.3, 0.4) is 0 Å². The third-order valence-corrected chi connectivity index (χ3v) is 3.02. The molecule has 5 N–H and O–H groups in total. The lowest BCUT2D eigenvalue weighted by Crippen LogP contribution is -1.93. The van der Waals surface area contributed by atoms with Gasteiger partial charge in [-0.15, -0.1) is 24.8 Å². The molecule has 0 saturated carbocycles. The molecular formula is C18H22Cl2N4. The number of nitrogens with one attached hydrogen (secondary N) is 1. The van der Waals surface area contributed by atoms with E-state index in [2.05, 4.69) is 22.3 Å². The van der Waals surface area contributed by atoms with E-state index in [0.29, 0.717) is 11.4 Å². The van der Waals surface area contributed by atoms with Crippen molar-refractivity contribution in [1.82, 2.24) is 10.2 Å². The standard InChI is InChI=1S/C14H14N2.C4H6N2.2ClH/c15-13-9-8-12(10-14(13)16)7-6-11-4-2-1-3-5-11;1-4-2-3-5-6-4;;/h1-10H,15-16H2;2-3H,1H3,(H,5,6);2*1H. The zero-order chi connectivity index (χ0) is 15.8. The lowest BCUT2D eigenvalue weighted by atomic mass is 10.1. The Balaban J connectivity index is 0.000000565. The minimum atomic E-state index is 0. The summed E-state index contributed by atoms with van der Waals surface area (Å²) in [7, 11) is 0. The van der Waals surface area contributed by atoms with E-state index < -0.39 is 0 Å². The molecule has 4 nitrogen and oxygen atoms in total. The molecule has 0 radical (unpaired) electrons. The van der Waals surface area contributed by atoms with Gasteiger partial charge in [0.15, 0.2) is 0 Å². The molecular weight excluding hydrogens is 343 g/mol. The summed E-state index contributed by atoms with van der Waals surface area (Å²) in [6.45, 7) is 1.97. The molecule has 0 saturated heterocycles. The Bertz CT molecular complexity index is 726. The Morgan fingerprint density at radius 1 is 0.833 bits per heavy atom. The molecule has 0 aliphatic rings. The highest BCUT2D eigenvalue weighted by Gasteiger charge is 1.93. The number of aromatic nitrogens is 2. The second-order valence-corrected chi connectivity index (χ2v) is 4.87. The van der Waals surface area contributed by atoms with Gasteiger partial charge in [-0.3, -0.25) is 5.10 Å². The van der Waals surface area contributed by atoms with E-state index in [0.717, 1.165) is 16.8 Å². The molecule has 128 valence electrons. The Morgan fingerprint density at radius 3 is 2.00 bits per heavy atom. The zero-order valence-electron chi connectivity index (χ0n) is 13.3. The molecule has 0 spiro atoms. The largest absolute Gasteiger partial charge is 0.397 e. The fourth-order valence-corrected chi connectivity index (χ4v) is 1.78. The summed E-state index contributed by atoms with van der Waals surface area (Å²) in [5.41, 5.74) is 15.9. The Hall–Kier alpha value is -2.43. The minimum Gasteiger partial charge on any atom is -0.397 e. The first-order valence-electron chi connectivity index (χ1n) is 6.99. The Morgan fingerprint density at radius 2 is 1.50 bits per heavy atom. The average molecular weight is 365 g/mol. The van der Waals surface area contributed by atoms with Crippen molar-refractivity contribution in [3.8, 4) is 0 Å². The molecule has 6 heteroatoms. The highest BCUT2D eigenvalue weighted by molar-refractivity contribution is 5.85. The second-order valence-electron chi connectivity index (χ2n) is 4.87. The third kappa shape index (κ3) is 7.22. The van der Waals surface area contributed by atoms with Gasteiger partial charge in [0.2, 0.25) is 0 Å². The SMILES string of the molecule is Cc1ccn[nH]1.Cl.Cl.Nc1ccc(C=Cc2ccccc2)cc1N. The zero-order valence-corrected chi connectivity index (χ0v) is 15.0. The van der Waals surface area contributed by atoms with Crippen LogP contribution in [-0.2, 0) is 0 Å². The fourth-order valence-electron chi connectivity index (χ4n) is 1.78. The van der Waals surface area contributed by atoms with Crippen molar-refractivity contribution in [2.75, 3.05) is 11.5 Å². The second kappa shape index (κ2) is 11.2. The average Bonchev–Trinajstić information content (AvgIpc) is 3.01. The first kappa shape index (κ1) is 21.6. The number of rotatable bonds is 2. The Labute approximate surface area is 154 Å². The van der Waals surface area contributed by atoms with E-state index in [-0.39, 0.29) is 24.8 Å². The number of hydrogen-bond acceptors (Lipinski definition) is 3. The van der Waals surface area contributed by atoms with E-state index in [1.807, 2.05) is 61.5 Å². The van der Waals surface area contributed by atoms with E-state index in [9.17, 15) is 0 Å². The molecule has 0 unspecified atom stereocenters. The van der Waals surface area contributed by atoms with Crippen LogP contribution in [-0.4, -0.2) is 10.2 Å². The third-order valence-electron chi connectivity index (χ3n) is 3.02. The van der Waals surface area contributed by atoms with Crippen LogP contribution < -0.4 is 11.5 Å². The lowest BCUT2D eigenvalue weighted by Gasteiger charge is -2.00. The molecule has 0 fully saturated rings. The first-order chi connectivity index (χ1) is 10.6. The summed E-state index contributed by atoms with van der Waals surface area (Å²) in [5, 5.41) is 6.45. The molecule has 24 heavy (non-hydrogen) atoms. The maximum Gasteiger partial charge on any atom is 0.0553 e. The van der Waals surface area contributed by atoms with Crippen LogP contribution in [0.4, 0.5) is 11.4 Å². The smallest absolute Gasteiger partial charge is 0.0553 e. The molecule has 0 atom stereocenters. The topological polar surface area (TPSA) is 80.7 Å². The predicted molar refractivity (Wildman–Crippen MR) is 108 cm³/mol. The van der Waals surface area contributed by atoms with E-state index >= 15 is 0 Å². The summed E-state index contributed by atoms with van der Waals surface area (Å²) >= 11 is 0. The van der Waals surface area contributed by atoms with E-state index in [1.54, 1.807) is 6.20 Å². The monoisotopic (exact) mass is 364 g/mol. The van der Waals surface area contributed by atoms with Crippen molar-refractivity contribution < 1.29 is 0 Å². The van der Waals surface area contributed by atoms with Gasteiger partial charge in [-0.25, -0.2) is 0 Å². The molecule has 0 bridgehead atoms. The molecule has 0 aliphatic carbocycles. The van der Waals surface area contributed by atoms with Crippen LogP contribution >= 0.6 is 24.8 Å². The number of nitrogens with zero attached hydrogens (tertiary/aromatic N) is 1. The summed E-state index contributed by atoms with van der Waals surface area (Å²) in [6.07, 6.45) is 5.80. The van der Waals surface area contributed by atoms with Crippen molar-refractivity contribution in [2.24, 2.45) is 0 Å². The molecule has 1 aromatic heterocycles. The summed E-state index contributed by atoms with van der Waals surface area (Å²) < 4.78 is 0. The maximum atomic E-state index is 5.73. The number of nitrogens with two attached hydrogens (primary N) is 2. The van der Waals surface area contributed by atoms with Crippen molar-refractivity contribution >= 4 is 48.3 Å². The van der Waals surface area contributed by atoms with Gasteiger partial charge in [-0.1, -0.05) is 48.6 Å². The molecule has 0 aliphatic heterocycles. The summed E-state index contributed by atoms with van der Waals surface area (Å²) in [5.74, 6) is 0.